The van der Waals surface area contributed by atoms with Crippen molar-refractivity contribution in [1.82, 2.24) is 10.2 Å². The van der Waals surface area contributed by atoms with Crippen molar-refractivity contribution in [2.75, 3.05) is 0 Å². The van der Waals surface area contributed by atoms with E-state index in [1.165, 1.54) is 23.5 Å². The zero-order valence-corrected chi connectivity index (χ0v) is 12.2. The maximum absolute atomic E-state index is 13.9. The summed E-state index contributed by atoms with van der Waals surface area (Å²) in [6, 6.07) is 2.77. The van der Waals surface area contributed by atoms with Gasteiger partial charge in [0.15, 0.2) is 10.2 Å². The predicted molar refractivity (Wildman–Crippen MR) is 69.8 cm³/mol. The molecule has 0 aliphatic rings. The standard InChI is InChI=1S/C10H6BrFN2O2S2/c1-4-13-14-10(17-4)18-6-3-2-5(9(15)16)7(11)8(6)12/h2-3H,1H3,(H,15,16). The number of carboxylic acid groups (broad SMARTS) is 1. The molecule has 0 saturated heterocycles. The van der Waals surface area contributed by atoms with Gasteiger partial charge in [-0.25, -0.2) is 9.18 Å². The van der Waals surface area contributed by atoms with Gasteiger partial charge >= 0.3 is 5.97 Å². The maximum atomic E-state index is 13.9. The predicted octanol–water partition coefficient (Wildman–Crippen LogP) is 3.60. The molecular formula is C10H6BrFN2O2S2. The van der Waals surface area contributed by atoms with E-state index in [2.05, 4.69) is 26.1 Å². The van der Waals surface area contributed by atoms with E-state index >= 15 is 0 Å². The molecule has 94 valence electrons. The lowest BCUT2D eigenvalue weighted by atomic mass is 10.2. The van der Waals surface area contributed by atoms with Crippen molar-refractivity contribution in [3.63, 3.8) is 0 Å². The number of aryl methyl sites for hydroxylation is 1. The van der Waals surface area contributed by atoms with Crippen LogP contribution in [0, 0.1) is 12.7 Å². The molecule has 2 aromatic rings. The number of carboxylic acids is 1. The highest BCUT2D eigenvalue weighted by atomic mass is 79.9. The lowest BCUT2D eigenvalue weighted by molar-refractivity contribution is 0.0695. The first-order valence-electron chi connectivity index (χ1n) is 4.68. The normalized spacial score (nSPS) is 10.6. The highest BCUT2D eigenvalue weighted by Crippen LogP contribution is 2.35. The van der Waals surface area contributed by atoms with Gasteiger partial charge in [-0.2, -0.15) is 0 Å². The summed E-state index contributed by atoms with van der Waals surface area (Å²) in [5.41, 5.74) is -0.106. The summed E-state index contributed by atoms with van der Waals surface area (Å²) in [5.74, 6) is -1.78. The molecule has 0 amide bonds. The minimum absolute atomic E-state index is 0.0544. The van der Waals surface area contributed by atoms with E-state index in [9.17, 15) is 9.18 Å². The molecule has 0 atom stereocenters. The third kappa shape index (κ3) is 2.70. The Balaban J connectivity index is 2.35. The van der Waals surface area contributed by atoms with Crippen molar-refractivity contribution < 1.29 is 14.3 Å². The van der Waals surface area contributed by atoms with E-state index in [0.717, 1.165) is 16.8 Å². The largest absolute Gasteiger partial charge is 0.478 e. The molecule has 0 saturated carbocycles. The maximum Gasteiger partial charge on any atom is 0.336 e. The van der Waals surface area contributed by atoms with Gasteiger partial charge in [0, 0.05) is 0 Å². The van der Waals surface area contributed by atoms with Crippen molar-refractivity contribution in [1.29, 1.82) is 0 Å². The Hall–Kier alpha value is -0.990. The number of hydrogen-bond donors (Lipinski definition) is 1. The van der Waals surface area contributed by atoms with Crippen LogP contribution in [0.2, 0.25) is 0 Å². The first kappa shape index (κ1) is 13.4. The summed E-state index contributed by atoms with van der Waals surface area (Å²) in [5, 5.41) is 17.3. The van der Waals surface area contributed by atoms with Crippen LogP contribution in [0.4, 0.5) is 4.39 Å². The van der Waals surface area contributed by atoms with Crippen molar-refractivity contribution in [2.45, 2.75) is 16.2 Å². The van der Waals surface area contributed by atoms with Crippen LogP contribution >= 0.6 is 39.0 Å². The van der Waals surface area contributed by atoms with Gasteiger partial charge in [0.25, 0.3) is 0 Å². The van der Waals surface area contributed by atoms with E-state index in [4.69, 9.17) is 5.11 Å². The Morgan fingerprint density at radius 2 is 2.22 bits per heavy atom. The Labute approximate surface area is 118 Å². The van der Waals surface area contributed by atoms with Crippen LogP contribution in [-0.2, 0) is 0 Å². The highest BCUT2D eigenvalue weighted by Gasteiger charge is 2.17. The number of halogens is 2. The van der Waals surface area contributed by atoms with Gasteiger partial charge in [0.2, 0.25) is 0 Å². The first-order chi connectivity index (χ1) is 8.49. The SMILES string of the molecule is Cc1nnc(Sc2ccc(C(=O)O)c(Br)c2F)s1. The van der Waals surface area contributed by atoms with E-state index in [-0.39, 0.29) is 10.0 Å². The van der Waals surface area contributed by atoms with Crippen LogP contribution in [0.5, 0.6) is 0 Å². The Bertz CT molecular complexity index is 618. The molecule has 0 unspecified atom stereocenters. The number of hydrogen-bond acceptors (Lipinski definition) is 5. The molecule has 0 fully saturated rings. The molecule has 1 aromatic heterocycles. The first-order valence-corrected chi connectivity index (χ1v) is 7.11. The van der Waals surface area contributed by atoms with Crippen LogP contribution in [0.1, 0.15) is 15.4 Å². The lowest BCUT2D eigenvalue weighted by Crippen LogP contribution is -2.00. The second-order valence-electron chi connectivity index (χ2n) is 3.23. The van der Waals surface area contributed by atoms with Gasteiger partial charge in [-0.05, 0) is 35.0 Å². The molecule has 0 radical (unpaired) electrons. The molecule has 4 nitrogen and oxygen atoms in total. The number of rotatable bonds is 3. The van der Waals surface area contributed by atoms with Gasteiger partial charge < -0.3 is 5.11 Å². The minimum atomic E-state index is -1.18. The molecule has 1 heterocycles. The summed E-state index contributed by atoms with van der Waals surface area (Å²) >= 11 is 5.42. The summed E-state index contributed by atoms with van der Waals surface area (Å²) in [4.78, 5) is 11.1. The summed E-state index contributed by atoms with van der Waals surface area (Å²) in [6.07, 6.45) is 0. The number of nitrogens with zero attached hydrogens (tertiary/aromatic N) is 2. The van der Waals surface area contributed by atoms with Gasteiger partial charge in [-0.3, -0.25) is 0 Å². The van der Waals surface area contributed by atoms with Gasteiger partial charge in [-0.15, -0.1) is 10.2 Å². The highest BCUT2D eigenvalue weighted by molar-refractivity contribution is 9.10. The van der Waals surface area contributed by atoms with E-state index in [0.29, 0.717) is 9.24 Å². The molecule has 2 rings (SSSR count). The summed E-state index contributed by atoms with van der Waals surface area (Å²) < 4.78 is 14.5. The third-order valence-electron chi connectivity index (χ3n) is 1.98. The van der Waals surface area contributed by atoms with E-state index in [1.807, 2.05) is 6.92 Å². The molecule has 0 aliphatic carbocycles. The van der Waals surface area contributed by atoms with Crippen LogP contribution in [0.3, 0.4) is 0 Å². The van der Waals surface area contributed by atoms with Gasteiger partial charge in [0.05, 0.1) is 14.9 Å². The number of benzene rings is 1. The fourth-order valence-electron chi connectivity index (χ4n) is 1.19. The Morgan fingerprint density at radius 1 is 1.50 bits per heavy atom. The molecular weight excluding hydrogens is 343 g/mol. The lowest BCUT2D eigenvalue weighted by Gasteiger charge is -2.04. The molecule has 1 aromatic carbocycles. The van der Waals surface area contributed by atoms with Crippen molar-refractivity contribution in [3.05, 3.63) is 33.0 Å². The van der Waals surface area contributed by atoms with Crippen LogP contribution in [0.15, 0.2) is 25.8 Å². The molecule has 0 spiro atoms. The van der Waals surface area contributed by atoms with Crippen molar-refractivity contribution >= 4 is 45.0 Å². The molecule has 0 aliphatic heterocycles. The fourth-order valence-corrected chi connectivity index (χ4v) is 3.65. The molecule has 18 heavy (non-hydrogen) atoms. The third-order valence-corrected chi connectivity index (χ3v) is 4.68. The Kier molecular flexibility index (Phi) is 3.98. The number of aromatic nitrogens is 2. The molecule has 1 N–H and O–H groups in total. The monoisotopic (exact) mass is 348 g/mol. The zero-order valence-electron chi connectivity index (χ0n) is 8.98. The van der Waals surface area contributed by atoms with Crippen molar-refractivity contribution in [2.24, 2.45) is 0 Å². The quantitative estimate of drug-likeness (QED) is 0.917. The average molecular weight is 349 g/mol. The average Bonchev–Trinajstić information content (AvgIpc) is 2.70. The van der Waals surface area contributed by atoms with Crippen LogP contribution < -0.4 is 0 Å². The number of carbonyl (C=O) groups is 1. The Morgan fingerprint density at radius 3 is 2.78 bits per heavy atom. The number of aromatic carboxylic acids is 1. The van der Waals surface area contributed by atoms with Crippen LogP contribution in [0.25, 0.3) is 0 Å². The topological polar surface area (TPSA) is 63.1 Å². The fraction of sp³-hybridized carbons (Fsp3) is 0.100. The smallest absolute Gasteiger partial charge is 0.336 e. The molecule has 0 bridgehead atoms. The van der Waals surface area contributed by atoms with E-state index < -0.39 is 11.8 Å². The van der Waals surface area contributed by atoms with Crippen LogP contribution in [-0.4, -0.2) is 21.3 Å². The summed E-state index contributed by atoms with van der Waals surface area (Å²) in [7, 11) is 0. The summed E-state index contributed by atoms with van der Waals surface area (Å²) in [6.45, 7) is 1.81. The minimum Gasteiger partial charge on any atom is -0.478 e. The van der Waals surface area contributed by atoms with E-state index in [1.54, 1.807) is 0 Å². The van der Waals surface area contributed by atoms with Gasteiger partial charge in [-0.1, -0.05) is 23.1 Å². The van der Waals surface area contributed by atoms with Gasteiger partial charge in [0.1, 0.15) is 5.01 Å². The second-order valence-corrected chi connectivity index (χ2v) is 6.50. The zero-order chi connectivity index (χ0) is 13.3. The second kappa shape index (κ2) is 5.33. The van der Waals surface area contributed by atoms with Crippen molar-refractivity contribution in [3.8, 4) is 0 Å². The molecule has 8 heteroatoms.